The van der Waals surface area contributed by atoms with Crippen molar-refractivity contribution in [2.24, 2.45) is 0 Å². The lowest BCUT2D eigenvalue weighted by Gasteiger charge is -2.14. The molecule has 1 amide bonds. The second-order valence-electron chi connectivity index (χ2n) is 3.75. The molecule has 1 rings (SSSR count). The van der Waals surface area contributed by atoms with Crippen molar-refractivity contribution in [2.75, 3.05) is 6.61 Å². The Morgan fingerprint density at radius 1 is 1.56 bits per heavy atom. The second-order valence-corrected chi connectivity index (χ2v) is 4.11. The fourth-order valence-corrected chi connectivity index (χ4v) is 1.42. The Bertz CT molecular complexity index is 437. The minimum Gasteiger partial charge on any atom is -0.464 e. The van der Waals surface area contributed by atoms with Crippen molar-refractivity contribution < 1.29 is 14.3 Å². The highest BCUT2D eigenvalue weighted by Gasteiger charge is 2.14. The molecule has 0 aromatic carbocycles. The third kappa shape index (κ3) is 4.33. The Kier molecular flexibility index (Phi) is 5.58. The average molecular weight is 271 g/mol. The molecule has 1 N–H and O–H groups in total. The summed E-state index contributed by atoms with van der Waals surface area (Å²) in [6, 6.07) is 2.92. The molecule has 0 aliphatic carbocycles. The second kappa shape index (κ2) is 6.96. The van der Waals surface area contributed by atoms with Gasteiger partial charge in [-0.05, 0) is 19.1 Å². The first kappa shape index (κ1) is 14.4. The quantitative estimate of drug-likeness (QED) is 0.654. The van der Waals surface area contributed by atoms with E-state index in [2.05, 4.69) is 10.3 Å². The minimum absolute atomic E-state index is 0.135. The number of amides is 1. The Balaban J connectivity index is 2.50. The SMILES string of the molecule is CCC(=O)OC[C@H](C)NC(=O)c1cccnc1Cl. The molecule has 0 saturated carbocycles. The number of nitrogens with zero attached hydrogens (tertiary/aromatic N) is 1. The monoisotopic (exact) mass is 270 g/mol. The summed E-state index contributed by atoms with van der Waals surface area (Å²) in [7, 11) is 0. The van der Waals surface area contributed by atoms with Crippen molar-refractivity contribution in [1.29, 1.82) is 0 Å². The molecule has 1 heterocycles. The number of nitrogens with one attached hydrogen (secondary N) is 1. The molecule has 1 aromatic heterocycles. The van der Waals surface area contributed by atoms with Gasteiger partial charge in [0, 0.05) is 12.6 Å². The smallest absolute Gasteiger partial charge is 0.305 e. The van der Waals surface area contributed by atoms with Crippen molar-refractivity contribution >= 4 is 23.5 Å². The Labute approximate surface area is 110 Å². The van der Waals surface area contributed by atoms with Gasteiger partial charge in [-0.2, -0.15) is 0 Å². The number of ether oxygens (including phenoxy) is 1. The molecular formula is C12H15ClN2O3. The summed E-state index contributed by atoms with van der Waals surface area (Å²) < 4.78 is 4.92. The van der Waals surface area contributed by atoms with Crippen LogP contribution < -0.4 is 5.32 Å². The number of hydrogen-bond acceptors (Lipinski definition) is 4. The van der Waals surface area contributed by atoms with Crippen molar-refractivity contribution in [3.63, 3.8) is 0 Å². The molecular weight excluding hydrogens is 256 g/mol. The maximum absolute atomic E-state index is 11.8. The Morgan fingerprint density at radius 2 is 2.28 bits per heavy atom. The van der Waals surface area contributed by atoms with Gasteiger partial charge in [0.25, 0.3) is 5.91 Å². The van der Waals surface area contributed by atoms with Gasteiger partial charge in [0.2, 0.25) is 0 Å². The van der Waals surface area contributed by atoms with Crippen LogP contribution in [0.15, 0.2) is 18.3 Å². The Hall–Kier alpha value is -1.62. The molecule has 0 fully saturated rings. The standard InChI is InChI=1S/C12H15ClN2O3/c1-3-10(16)18-7-8(2)15-12(17)9-5-4-6-14-11(9)13/h4-6,8H,3,7H2,1-2H3,(H,15,17)/t8-/m0/s1. The van der Waals surface area contributed by atoms with Gasteiger partial charge < -0.3 is 10.1 Å². The molecule has 1 aromatic rings. The molecule has 0 bridgehead atoms. The number of rotatable bonds is 5. The van der Waals surface area contributed by atoms with Gasteiger partial charge in [-0.25, -0.2) is 4.98 Å². The number of carbonyl (C=O) groups is 2. The van der Waals surface area contributed by atoms with Crippen LogP contribution in [0.4, 0.5) is 0 Å². The highest BCUT2D eigenvalue weighted by atomic mass is 35.5. The number of esters is 1. The van der Waals surface area contributed by atoms with Crippen LogP contribution in [0.1, 0.15) is 30.6 Å². The highest BCUT2D eigenvalue weighted by molar-refractivity contribution is 6.32. The maximum Gasteiger partial charge on any atom is 0.305 e. The van der Waals surface area contributed by atoms with Gasteiger partial charge in [-0.15, -0.1) is 0 Å². The van der Waals surface area contributed by atoms with Crippen LogP contribution in [0.3, 0.4) is 0 Å². The summed E-state index contributed by atoms with van der Waals surface area (Å²) in [5.74, 6) is -0.636. The summed E-state index contributed by atoms with van der Waals surface area (Å²) in [5.41, 5.74) is 0.299. The van der Waals surface area contributed by atoms with E-state index in [0.29, 0.717) is 12.0 Å². The third-order valence-corrected chi connectivity index (χ3v) is 2.47. The van der Waals surface area contributed by atoms with E-state index in [4.69, 9.17) is 16.3 Å². The molecule has 0 aliphatic heterocycles. The molecule has 98 valence electrons. The van der Waals surface area contributed by atoms with Gasteiger partial charge in [-0.3, -0.25) is 9.59 Å². The first-order valence-electron chi connectivity index (χ1n) is 5.61. The van der Waals surface area contributed by atoms with E-state index in [1.165, 1.54) is 6.20 Å². The first-order valence-corrected chi connectivity index (χ1v) is 5.99. The topological polar surface area (TPSA) is 68.3 Å². The molecule has 0 radical (unpaired) electrons. The first-order chi connectivity index (χ1) is 8.54. The molecule has 0 saturated heterocycles. The largest absolute Gasteiger partial charge is 0.464 e. The lowest BCUT2D eigenvalue weighted by atomic mass is 10.2. The van der Waals surface area contributed by atoms with Crippen LogP contribution in [-0.4, -0.2) is 29.5 Å². The molecule has 5 nitrogen and oxygen atoms in total. The lowest BCUT2D eigenvalue weighted by molar-refractivity contribution is -0.143. The van der Waals surface area contributed by atoms with E-state index < -0.39 is 0 Å². The van der Waals surface area contributed by atoms with Gasteiger partial charge in [-0.1, -0.05) is 18.5 Å². The number of carbonyl (C=O) groups excluding carboxylic acids is 2. The highest BCUT2D eigenvalue weighted by Crippen LogP contribution is 2.11. The Morgan fingerprint density at radius 3 is 2.89 bits per heavy atom. The summed E-state index contributed by atoms with van der Waals surface area (Å²) in [4.78, 5) is 26.6. The van der Waals surface area contributed by atoms with E-state index in [0.717, 1.165) is 0 Å². The van der Waals surface area contributed by atoms with Crippen LogP contribution >= 0.6 is 11.6 Å². The molecule has 0 unspecified atom stereocenters. The summed E-state index contributed by atoms with van der Waals surface area (Å²) >= 11 is 5.80. The zero-order chi connectivity index (χ0) is 13.5. The zero-order valence-corrected chi connectivity index (χ0v) is 11.0. The number of pyridine rings is 1. The number of hydrogen-bond donors (Lipinski definition) is 1. The zero-order valence-electron chi connectivity index (χ0n) is 10.3. The molecule has 0 aliphatic rings. The van der Waals surface area contributed by atoms with Crippen LogP contribution in [0, 0.1) is 0 Å². The van der Waals surface area contributed by atoms with Gasteiger partial charge >= 0.3 is 5.97 Å². The molecule has 1 atom stereocenters. The summed E-state index contributed by atoms with van der Waals surface area (Å²) in [6.45, 7) is 3.59. The van der Waals surface area contributed by atoms with Crippen LogP contribution in [0.5, 0.6) is 0 Å². The van der Waals surface area contributed by atoms with Gasteiger partial charge in [0.05, 0.1) is 11.6 Å². The fourth-order valence-electron chi connectivity index (χ4n) is 1.22. The minimum atomic E-state index is -0.340. The average Bonchev–Trinajstić information content (AvgIpc) is 2.36. The molecule has 18 heavy (non-hydrogen) atoms. The van der Waals surface area contributed by atoms with E-state index in [1.54, 1.807) is 26.0 Å². The fraction of sp³-hybridized carbons (Fsp3) is 0.417. The van der Waals surface area contributed by atoms with Crippen LogP contribution in [0.25, 0.3) is 0 Å². The van der Waals surface area contributed by atoms with Gasteiger partial charge in [0.15, 0.2) is 0 Å². The van der Waals surface area contributed by atoms with E-state index >= 15 is 0 Å². The number of halogens is 1. The van der Waals surface area contributed by atoms with Gasteiger partial charge in [0.1, 0.15) is 11.8 Å². The van der Waals surface area contributed by atoms with Crippen LogP contribution in [-0.2, 0) is 9.53 Å². The molecule has 6 heteroatoms. The number of aromatic nitrogens is 1. The third-order valence-electron chi connectivity index (χ3n) is 2.16. The maximum atomic E-state index is 11.8. The van der Waals surface area contributed by atoms with Crippen LogP contribution in [0.2, 0.25) is 5.15 Å². The van der Waals surface area contributed by atoms with E-state index in [9.17, 15) is 9.59 Å². The summed E-state index contributed by atoms with van der Waals surface area (Å²) in [5, 5.41) is 2.82. The summed E-state index contributed by atoms with van der Waals surface area (Å²) in [6.07, 6.45) is 1.82. The van der Waals surface area contributed by atoms with E-state index in [1.807, 2.05) is 0 Å². The predicted octanol–water partition coefficient (Wildman–Crippen LogP) is 1.81. The molecule has 0 spiro atoms. The van der Waals surface area contributed by atoms with Crippen molar-refractivity contribution in [3.05, 3.63) is 29.0 Å². The normalized spacial score (nSPS) is 11.7. The van der Waals surface area contributed by atoms with Crippen molar-refractivity contribution in [1.82, 2.24) is 10.3 Å². The van der Waals surface area contributed by atoms with Crippen molar-refractivity contribution in [3.8, 4) is 0 Å². The lowest BCUT2D eigenvalue weighted by Crippen LogP contribution is -2.36. The predicted molar refractivity (Wildman–Crippen MR) is 67.4 cm³/mol. The van der Waals surface area contributed by atoms with Crippen molar-refractivity contribution in [2.45, 2.75) is 26.3 Å². The van der Waals surface area contributed by atoms with E-state index in [-0.39, 0.29) is 29.7 Å².